The summed E-state index contributed by atoms with van der Waals surface area (Å²) in [5.74, 6) is 2.51. The first-order valence-electron chi connectivity index (χ1n) is 6.27. The monoisotopic (exact) mass is 247 g/mol. The van der Waals surface area contributed by atoms with Crippen molar-refractivity contribution >= 4 is 11.6 Å². The first-order chi connectivity index (χ1) is 8.60. The molecule has 0 saturated carbocycles. The van der Waals surface area contributed by atoms with Gasteiger partial charge in [-0.2, -0.15) is 5.26 Å². The summed E-state index contributed by atoms with van der Waals surface area (Å²) in [5, 5.41) is 11.9. The zero-order chi connectivity index (χ0) is 13.5. The quantitative estimate of drug-likeness (QED) is 0.833. The molecule has 0 spiro atoms. The predicted molar refractivity (Wildman–Crippen MR) is 73.6 cm³/mol. The number of hydrogen-bond acceptors (Lipinski definition) is 5. The van der Waals surface area contributed by atoms with E-state index in [1.165, 1.54) is 0 Å². The van der Waals surface area contributed by atoms with Crippen molar-refractivity contribution in [3.63, 3.8) is 0 Å². The second-order valence-electron chi connectivity index (χ2n) is 4.44. The SMILES string of the molecule is CCCc1nc(NC)cc(N(C)CC(C)C#N)n1. The van der Waals surface area contributed by atoms with Crippen molar-refractivity contribution in [2.75, 3.05) is 30.9 Å². The van der Waals surface area contributed by atoms with Crippen LogP contribution in [0.1, 0.15) is 26.1 Å². The van der Waals surface area contributed by atoms with Gasteiger partial charge in [-0.1, -0.05) is 6.92 Å². The van der Waals surface area contributed by atoms with Gasteiger partial charge in [0.15, 0.2) is 0 Å². The highest BCUT2D eigenvalue weighted by atomic mass is 15.2. The summed E-state index contributed by atoms with van der Waals surface area (Å²) in [6.07, 6.45) is 1.88. The fourth-order valence-corrected chi connectivity index (χ4v) is 1.69. The van der Waals surface area contributed by atoms with Gasteiger partial charge in [0.2, 0.25) is 0 Å². The number of aromatic nitrogens is 2. The molecule has 18 heavy (non-hydrogen) atoms. The van der Waals surface area contributed by atoms with Crippen molar-refractivity contribution < 1.29 is 0 Å². The predicted octanol–water partition coefficient (Wildman–Crippen LogP) is 2.07. The minimum atomic E-state index is -0.0161. The van der Waals surface area contributed by atoms with E-state index in [0.29, 0.717) is 6.54 Å². The number of nitriles is 1. The molecule has 1 aromatic heterocycles. The van der Waals surface area contributed by atoms with E-state index < -0.39 is 0 Å². The Morgan fingerprint density at radius 2 is 2.22 bits per heavy atom. The lowest BCUT2D eigenvalue weighted by atomic mass is 10.2. The van der Waals surface area contributed by atoms with E-state index in [-0.39, 0.29) is 5.92 Å². The van der Waals surface area contributed by atoms with Crippen molar-refractivity contribution in [3.05, 3.63) is 11.9 Å². The lowest BCUT2D eigenvalue weighted by Gasteiger charge is -2.20. The molecule has 0 fully saturated rings. The minimum absolute atomic E-state index is 0.0161. The Labute approximate surface area is 109 Å². The van der Waals surface area contributed by atoms with Crippen molar-refractivity contribution in [2.24, 2.45) is 5.92 Å². The molecule has 0 radical (unpaired) electrons. The van der Waals surface area contributed by atoms with E-state index in [1.54, 1.807) is 0 Å². The van der Waals surface area contributed by atoms with Gasteiger partial charge < -0.3 is 10.2 Å². The largest absolute Gasteiger partial charge is 0.373 e. The van der Waals surface area contributed by atoms with Crippen LogP contribution in [0.2, 0.25) is 0 Å². The standard InChI is InChI=1S/C13H21N5/c1-5-6-11-16-12(15-3)7-13(17-11)18(4)9-10(2)8-14/h7,10H,5-6,9H2,1-4H3,(H,15,16,17). The summed E-state index contributed by atoms with van der Waals surface area (Å²) in [5.41, 5.74) is 0. The first kappa shape index (κ1) is 14.2. The summed E-state index contributed by atoms with van der Waals surface area (Å²) < 4.78 is 0. The van der Waals surface area contributed by atoms with Gasteiger partial charge in [0, 0.05) is 33.1 Å². The normalized spacial score (nSPS) is 11.7. The summed E-state index contributed by atoms with van der Waals surface area (Å²) in [4.78, 5) is 10.9. The molecule has 1 heterocycles. The van der Waals surface area contributed by atoms with Crippen molar-refractivity contribution in [1.29, 1.82) is 5.26 Å². The number of nitrogens with one attached hydrogen (secondary N) is 1. The minimum Gasteiger partial charge on any atom is -0.373 e. The highest BCUT2D eigenvalue weighted by molar-refractivity contribution is 5.48. The Morgan fingerprint density at radius 1 is 1.50 bits per heavy atom. The molecule has 5 nitrogen and oxygen atoms in total. The average molecular weight is 247 g/mol. The molecule has 1 N–H and O–H groups in total. The fourth-order valence-electron chi connectivity index (χ4n) is 1.69. The van der Waals surface area contributed by atoms with Crippen LogP contribution in [0.25, 0.3) is 0 Å². The van der Waals surface area contributed by atoms with E-state index in [1.807, 2.05) is 32.0 Å². The molecule has 1 atom stereocenters. The molecular weight excluding hydrogens is 226 g/mol. The van der Waals surface area contributed by atoms with Crippen LogP contribution in [0.3, 0.4) is 0 Å². The number of aryl methyl sites for hydroxylation is 1. The van der Waals surface area contributed by atoms with Gasteiger partial charge in [0.25, 0.3) is 0 Å². The van der Waals surface area contributed by atoms with Gasteiger partial charge in [-0.25, -0.2) is 9.97 Å². The molecule has 0 aliphatic heterocycles. The molecule has 0 saturated heterocycles. The van der Waals surface area contributed by atoms with E-state index in [4.69, 9.17) is 5.26 Å². The third-order valence-corrected chi connectivity index (χ3v) is 2.65. The molecule has 0 aliphatic carbocycles. The molecule has 98 valence electrons. The maximum absolute atomic E-state index is 8.85. The Hall–Kier alpha value is -1.83. The van der Waals surface area contributed by atoms with Gasteiger partial charge in [0.05, 0.1) is 12.0 Å². The van der Waals surface area contributed by atoms with Crippen molar-refractivity contribution in [1.82, 2.24) is 9.97 Å². The number of nitrogens with zero attached hydrogens (tertiary/aromatic N) is 4. The van der Waals surface area contributed by atoms with Crippen LogP contribution in [-0.4, -0.2) is 30.6 Å². The molecule has 0 aliphatic rings. The van der Waals surface area contributed by atoms with E-state index in [0.717, 1.165) is 30.3 Å². The zero-order valence-corrected chi connectivity index (χ0v) is 11.6. The van der Waals surface area contributed by atoms with Gasteiger partial charge in [-0.05, 0) is 13.3 Å². The van der Waals surface area contributed by atoms with Gasteiger partial charge in [0.1, 0.15) is 17.5 Å². The summed E-state index contributed by atoms with van der Waals surface area (Å²) in [6, 6.07) is 4.14. The topological polar surface area (TPSA) is 64.8 Å². The van der Waals surface area contributed by atoms with Crippen molar-refractivity contribution in [2.45, 2.75) is 26.7 Å². The van der Waals surface area contributed by atoms with Crippen LogP contribution in [0.5, 0.6) is 0 Å². The molecule has 1 rings (SSSR count). The van der Waals surface area contributed by atoms with Crippen LogP contribution in [0.4, 0.5) is 11.6 Å². The lowest BCUT2D eigenvalue weighted by molar-refractivity contribution is 0.705. The Bertz CT molecular complexity index is 424. The van der Waals surface area contributed by atoms with Gasteiger partial charge in [-0.3, -0.25) is 0 Å². The number of anilines is 2. The Morgan fingerprint density at radius 3 is 2.78 bits per heavy atom. The van der Waals surface area contributed by atoms with E-state index >= 15 is 0 Å². The highest BCUT2D eigenvalue weighted by Gasteiger charge is 2.10. The molecule has 0 bridgehead atoms. The maximum Gasteiger partial charge on any atom is 0.134 e. The number of hydrogen-bond donors (Lipinski definition) is 1. The highest BCUT2D eigenvalue weighted by Crippen LogP contribution is 2.16. The summed E-state index contributed by atoms with van der Waals surface area (Å²) in [7, 11) is 3.80. The van der Waals surface area contributed by atoms with Crippen LogP contribution < -0.4 is 10.2 Å². The summed E-state index contributed by atoms with van der Waals surface area (Å²) in [6.45, 7) is 4.68. The molecule has 1 aromatic rings. The molecule has 5 heteroatoms. The first-order valence-corrected chi connectivity index (χ1v) is 6.27. The van der Waals surface area contributed by atoms with Gasteiger partial charge in [-0.15, -0.1) is 0 Å². The van der Waals surface area contributed by atoms with Crippen LogP contribution in [0.15, 0.2) is 6.07 Å². The van der Waals surface area contributed by atoms with Crippen LogP contribution >= 0.6 is 0 Å². The molecule has 0 aromatic carbocycles. The van der Waals surface area contributed by atoms with Crippen LogP contribution in [-0.2, 0) is 6.42 Å². The maximum atomic E-state index is 8.85. The van der Waals surface area contributed by atoms with E-state index in [9.17, 15) is 0 Å². The Kier molecular flexibility index (Phi) is 5.37. The Balaban J connectivity index is 2.93. The van der Waals surface area contributed by atoms with Crippen molar-refractivity contribution in [3.8, 4) is 6.07 Å². The zero-order valence-electron chi connectivity index (χ0n) is 11.6. The fraction of sp³-hybridized carbons (Fsp3) is 0.615. The second-order valence-corrected chi connectivity index (χ2v) is 4.44. The lowest BCUT2D eigenvalue weighted by Crippen LogP contribution is -2.24. The second kappa shape index (κ2) is 6.80. The third kappa shape index (κ3) is 3.88. The molecule has 0 amide bonds. The third-order valence-electron chi connectivity index (χ3n) is 2.65. The van der Waals surface area contributed by atoms with E-state index in [2.05, 4.69) is 28.3 Å². The van der Waals surface area contributed by atoms with Gasteiger partial charge >= 0.3 is 0 Å². The molecular formula is C13H21N5. The molecule has 1 unspecified atom stereocenters. The smallest absolute Gasteiger partial charge is 0.134 e. The average Bonchev–Trinajstić information content (AvgIpc) is 2.38. The summed E-state index contributed by atoms with van der Waals surface area (Å²) >= 11 is 0. The van der Waals surface area contributed by atoms with Crippen LogP contribution in [0, 0.1) is 17.2 Å². The number of rotatable bonds is 6.